The third-order valence-electron chi connectivity index (χ3n) is 8.45. The van der Waals surface area contributed by atoms with Gasteiger partial charge in [-0.25, -0.2) is 0 Å². The van der Waals surface area contributed by atoms with Gasteiger partial charge in [-0.2, -0.15) is 0 Å². The van der Waals surface area contributed by atoms with E-state index < -0.39 is 35.0 Å². The van der Waals surface area contributed by atoms with Gasteiger partial charge in [0.05, 0.1) is 12.8 Å². The van der Waals surface area contributed by atoms with Gasteiger partial charge in [-0.1, -0.05) is 12.2 Å². The summed E-state index contributed by atoms with van der Waals surface area (Å²) < 4.78 is 6.37. The van der Waals surface area contributed by atoms with Crippen LogP contribution < -0.4 is 32.7 Å². The molecule has 0 saturated heterocycles. The van der Waals surface area contributed by atoms with E-state index in [0.717, 1.165) is 0 Å². The maximum absolute atomic E-state index is 13.5. The number of phenolic OH excluding ortho intramolecular Hbond substituents is 2. The number of phenols is 2. The smallest absolute Gasteiger partial charge is 0.253 e. The lowest BCUT2D eigenvalue weighted by molar-refractivity contribution is 0.0824. The second-order valence-electron chi connectivity index (χ2n) is 12.5. The summed E-state index contributed by atoms with van der Waals surface area (Å²) in [5.74, 6) is -1.42. The molecule has 0 heterocycles. The highest BCUT2D eigenvalue weighted by Gasteiger charge is 2.38. The third-order valence-corrected chi connectivity index (χ3v) is 8.45. The first-order chi connectivity index (χ1) is 25.4. The van der Waals surface area contributed by atoms with Gasteiger partial charge in [0.15, 0.2) is 0 Å². The molecule has 0 aromatic heterocycles. The molecule has 0 fully saturated rings. The minimum Gasteiger partial charge on any atom is -0.508 e. The first-order valence-corrected chi connectivity index (χ1v) is 16.4. The Morgan fingerprint density at radius 1 is 0.491 bits per heavy atom. The standard InChI is InChI=1S/C40H36N6O7/c41-29-13-5-25(6-14-29)35(49)43-39(45-37(51)27-9-17-31(47)18-10-27)21-1-3-33(23-39)53-34-4-2-22-40(24-34,44-36(50)26-7-15-30(42)16-8-26)46-38(52)28-11-19-32(48)20-12-28/h1-22,47-48H,23-24,41-42H2,(H,43,49)(H,44,50)(H,45,51)(H,46,52). The second kappa shape index (κ2) is 14.9. The van der Waals surface area contributed by atoms with Gasteiger partial charge in [0.25, 0.3) is 23.6 Å². The Kier molecular flexibility index (Phi) is 10.00. The topological polar surface area (TPSA) is 218 Å². The molecule has 4 amide bonds. The van der Waals surface area contributed by atoms with E-state index in [2.05, 4.69) is 21.3 Å². The number of carbonyl (C=O) groups excluding carboxylic acids is 4. The zero-order valence-electron chi connectivity index (χ0n) is 28.2. The Morgan fingerprint density at radius 2 is 0.774 bits per heavy atom. The normalized spacial score (nSPS) is 18.9. The van der Waals surface area contributed by atoms with Crippen molar-refractivity contribution in [3.05, 3.63) is 167 Å². The number of nitrogen functional groups attached to an aromatic ring is 2. The first-order valence-electron chi connectivity index (χ1n) is 16.4. The van der Waals surface area contributed by atoms with E-state index in [9.17, 15) is 29.4 Å². The molecule has 13 nitrogen and oxygen atoms in total. The molecule has 53 heavy (non-hydrogen) atoms. The van der Waals surface area contributed by atoms with Crippen molar-refractivity contribution in [1.82, 2.24) is 21.3 Å². The van der Waals surface area contributed by atoms with Crippen LogP contribution in [0.25, 0.3) is 0 Å². The molecular weight excluding hydrogens is 676 g/mol. The molecule has 4 aromatic rings. The number of benzene rings is 4. The average molecular weight is 713 g/mol. The predicted molar refractivity (Wildman–Crippen MR) is 198 cm³/mol. The van der Waals surface area contributed by atoms with Crippen molar-refractivity contribution in [3.8, 4) is 11.5 Å². The van der Waals surface area contributed by atoms with Gasteiger partial charge >= 0.3 is 0 Å². The van der Waals surface area contributed by atoms with Gasteiger partial charge in [-0.3, -0.25) is 19.2 Å². The fourth-order valence-electron chi connectivity index (χ4n) is 5.73. The van der Waals surface area contributed by atoms with Gasteiger partial charge in [0.2, 0.25) is 0 Å². The summed E-state index contributed by atoms with van der Waals surface area (Å²) in [4.78, 5) is 53.9. The number of carbonyl (C=O) groups is 4. The SMILES string of the molecule is Nc1ccc(C(=O)NC2(NC(=O)c3ccc(O)cc3)C=CC=C(OC3=CC=CC(NC(=O)c4ccc(N)cc4)(NC(=O)c4ccc(O)cc4)C3)C2)cc1. The van der Waals surface area contributed by atoms with Crippen LogP contribution in [-0.4, -0.2) is 45.2 Å². The monoisotopic (exact) mass is 712 g/mol. The largest absolute Gasteiger partial charge is 0.508 e. The zero-order chi connectivity index (χ0) is 37.6. The number of allylic oxidation sites excluding steroid dienone is 4. The summed E-state index contributed by atoms with van der Waals surface area (Å²) in [6.45, 7) is 0. The zero-order valence-corrected chi connectivity index (χ0v) is 28.2. The maximum atomic E-state index is 13.5. The molecule has 0 saturated carbocycles. The van der Waals surface area contributed by atoms with Crippen LogP contribution in [0, 0.1) is 0 Å². The molecule has 0 radical (unpaired) electrons. The molecule has 6 rings (SSSR count). The quantitative estimate of drug-likeness (QED) is 0.0863. The number of aromatic hydroxyl groups is 2. The summed E-state index contributed by atoms with van der Waals surface area (Å²) in [6.07, 6.45) is 9.75. The fraction of sp³-hybridized carbons (Fsp3) is 0.100. The lowest BCUT2D eigenvalue weighted by Gasteiger charge is -2.37. The van der Waals surface area contributed by atoms with E-state index >= 15 is 0 Å². The Balaban J connectivity index is 1.25. The highest BCUT2D eigenvalue weighted by atomic mass is 16.5. The Labute approximate surface area is 304 Å². The van der Waals surface area contributed by atoms with Crippen molar-refractivity contribution in [2.75, 3.05) is 11.5 Å². The lowest BCUT2D eigenvalue weighted by Crippen LogP contribution is -2.60. The van der Waals surface area contributed by atoms with Gasteiger partial charge in [-0.05, 0) is 121 Å². The molecule has 0 aliphatic heterocycles. The number of amides is 4. The molecule has 268 valence electrons. The van der Waals surface area contributed by atoms with Gasteiger partial charge < -0.3 is 47.7 Å². The Bertz CT molecular complexity index is 1880. The summed E-state index contributed by atoms with van der Waals surface area (Å²) in [5.41, 5.74) is 10.7. The van der Waals surface area contributed by atoms with Crippen molar-refractivity contribution in [2.45, 2.75) is 24.2 Å². The molecular formula is C40H36N6O7. The number of hydrogen-bond acceptors (Lipinski definition) is 9. The van der Waals surface area contributed by atoms with Gasteiger partial charge in [-0.15, -0.1) is 0 Å². The average Bonchev–Trinajstić information content (AvgIpc) is 3.12. The van der Waals surface area contributed by atoms with Crippen molar-refractivity contribution >= 4 is 35.0 Å². The van der Waals surface area contributed by atoms with Crippen molar-refractivity contribution in [2.24, 2.45) is 0 Å². The molecule has 2 atom stereocenters. The van der Waals surface area contributed by atoms with Crippen molar-refractivity contribution < 1.29 is 34.1 Å². The first kappa shape index (κ1) is 35.5. The predicted octanol–water partition coefficient (Wildman–Crippen LogP) is 4.38. The number of rotatable bonds is 10. The van der Waals surface area contributed by atoms with Crippen molar-refractivity contribution in [3.63, 3.8) is 0 Å². The lowest BCUT2D eigenvalue weighted by atomic mass is 9.96. The highest BCUT2D eigenvalue weighted by molar-refractivity contribution is 5.99. The van der Waals surface area contributed by atoms with E-state index in [-0.39, 0.29) is 35.5 Å². The maximum Gasteiger partial charge on any atom is 0.253 e. The number of anilines is 2. The fourth-order valence-corrected chi connectivity index (χ4v) is 5.73. The highest BCUT2D eigenvalue weighted by Crippen LogP contribution is 2.30. The van der Waals surface area contributed by atoms with E-state index in [0.29, 0.717) is 34.0 Å². The molecule has 2 aliphatic rings. The molecule has 4 aromatic carbocycles. The summed E-state index contributed by atoms with van der Waals surface area (Å²) in [5, 5.41) is 31.1. The molecule has 0 bridgehead atoms. The van der Waals surface area contributed by atoms with Crippen LogP contribution in [0.5, 0.6) is 11.5 Å². The second-order valence-corrected chi connectivity index (χ2v) is 12.5. The summed E-state index contributed by atoms with van der Waals surface area (Å²) >= 11 is 0. The van der Waals surface area contributed by atoms with Crippen LogP contribution in [0.2, 0.25) is 0 Å². The van der Waals surface area contributed by atoms with Crippen LogP contribution in [-0.2, 0) is 4.74 Å². The number of nitrogens with two attached hydrogens (primary N) is 2. The molecule has 0 spiro atoms. The van der Waals surface area contributed by atoms with E-state index in [1.54, 1.807) is 85.0 Å². The van der Waals surface area contributed by atoms with Crippen LogP contribution in [0.15, 0.2) is 145 Å². The minimum atomic E-state index is -1.48. The van der Waals surface area contributed by atoms with Crippen molar-refractivity contribution in [1.29, 1.82) is 0 Å². The van der Waals surface area contributed by atoms with E-state index in [1.165, 1.54) is 48.5 Å². The minimum absolute atomic E-state index is 0.0149. The molecule has 2 unspecified atom stereocenters. The Morgan fingerprint density at radius 3 is 1.08 bits per heavy atom. The summed E-state index contributed by atoms with van der Waals surface area (Å²) in [7, 11) is 0. The molecule has 13 heteroatoms. The molecule has 10 N–H and O–H groups in total. The van der Waals surface area contributed by atoms with Crippen LogP contribution >= 0.6 is 0 Å². The van der Waals surface area contributed by atoms with Gasteiger partial charge in [0, 0.05) is 33.6 Å². The van der Waals surface area contributed by atoms with Gasteiger partial charge in [0.1, 0.15) is 34.3 Å². The summed E-state index contributed by atoms with van der Waals surface area (Å²) in [6, 6.07) is 23.9. The third kappa shape index (κ3) is 8.72. The van der Waals surface area contributed by atoms with E-state index in [1.807, 2.05) is 0 Å². The Hall–Kier alpha value is -7.28. The van der Waals surface area contributed by atoms with Crippen LogP contribution in [0.3, 0.4) is 0 Å². The number of nitrogens with one attached hydrogen (secondary N) is 4. The number of ether oxygens (including phenoxy) is 1. The molecule has 2 aliphatic carbocycles. The van der Waals surface area contributed by atoms with Crippen LogP contribution in [0.1, 0.15) is 54.3 Å². The van der Waals surface area contributed by atoms with E-state index in [4.69, 9.17) is 16.2 Å². The number of hydrogen-bond donors (Lipinski definition) is 8. The van der Waals surface area contributed by atoms with Crippen LogP contribution in [0.4, 0.5) is 11.4 Å².